The normalized spacial score (nSPS) is 30.0. The van der Waals surface area contributed by atoms with Gasteiger partial charge in [-0.2, -0.15) is 0 Å². The lowest BCUT2D eigenvalue weighted by Gasteiger charge is -2.37. The maximum Gasteiger partial charge on any atom is 0.250 e. The van der Waals surface area contributed by atoms with Crippen LogP contribution < -0.4 is 10.6 Å². The molecule has 3 N–H and O–H groups in total. The van der Waals surface area contributed by atoms with E-state index in [-0.39, 0.29) is 24.3 Å². The fraction of sp³-hybridized carbons (Fsp3) is 0.654. The molecular weight excluding hydrogens is 470 g/mol. The highest BCUT2D eigenvalue weighted by atomic mass is 35.5. The Morgan fingerprint density at radius 2 is 2.06 bits per heavy atom. The molecule has 0 saturated carbocycles. The van der Waals surface area contributed by atoms with E-state index in [2.05, 4.69) is 10.6 Å². The van der Waals surface area contributed by atoms with Gasteiger partial charge < -0.3 is 25.4 Å². The van der Waals surface area contributed by atoms with Gasteiger partial charge in [0.25, 0.3) is 0 Å². The van der Waals surface area contributed by atoms with Crippen molar-refractivity contribution in [2.45, 2.75) is 77.2 Å². The van der Waals surface area contributed by atoms with Crippen LogP contribution in [-0.4, -0.2) is 64.7 Å². The third-order valence-corrected chi connectivity index (χ3v) is 7.97. The summed E-state index contributed by atoms with van der Waals surface area (Å²) in [7, 11) is 0. The van der Waals surface area contributed by atoms with Gasteiger partial charge in [0.1, 0.15) is 11.6 Å². The Kier molecular flexibility index (Phi) is 7.46. The van der Waals surface area contributed by atoms with Crippen molar-refractivity contribution in [2.75, 3.05) is 18.5 Å². The molecule has 192 valence electrons. The van der Waals surface area contributed by atoms with Crippen molar-refractivity contribution in [3.8, 4) is 0 Å². The Balaban J connectivity index is 1.75. The topological polar surface area (TPSA) is 108 Å². The Morgan fingerprint density at radius 1 is 1.31 bits per heavy atom. The van der Waals surface area contributed by atoms with E-state index < -0.39 is 41.5 Å². The van der Waals surface area contributed by atoms with E-state index in [1.165, 1.54) is 4.90 Å². The number of carbonyl (C=O) groups is 3. The van der Waals surface area contributed by atoms with Crippen molar-refractivity contribution in [2.24, 2.45) is 17.8 Å². The highest BCUT2D eigenvalue weighted by Gasteiger charge is 2.75. The molecule has 4 rings (SSSR count). The second-order valence-electron chi connectivity index (χ2n) is 10.5. The number of hydrogen-bond donors (Lipinski definition) is 3. The van der Waals surface area contributed by atoms with Crippen molar-refractivity contribution in [1.82, 2.24) is 10.2 Å². The average molecular weight is 506 g/mol. The first-order valence-corrected chi connectivity index (χ1v) is 13.0. The molecule has 1 aromatic rings. The molecule has 3 amide bonds. The number of benzene rings is 1. The van der Waals surface area contributed by atoms with Gasteiger partial charge in [-0.05, 0) is 50.2 Å². The molecule has 0 aromatic heterocycles. The van der Waals surface area contributed by atoms with Gasteiger partial charge >= 0.3 is 0 Å². The Labute approximate surface area is 211 Å². The predicted molar refractivity (Wildman–Crippen MR) is 133 cm³/mol. The van der Waals surface area contributed by atoms with Crippen LogP contribution in [0.25, 0.3) is 0 Å². The second kappa shape index (κ2) is 10.1. The quantitative estimate of drug-likeness (QED) is 0.478. The maximum absolute atomic E-state index is 14.0. The number of anilines is 1. The van der Waals surface area contributed by atoms with E-state index in [9.17, 15) is 19.5 Å². The molecule has 8 nitrogen and oxygen atoms in total. The molecule has 6 atom stereocenters. The van der Waals surface area contributed by atoms with Crippen molar-refractivity contribution in [3.05, 3.63) is 28.8 Å². The third-order valence-electron chi connectivity index (χ3n) is 7.66. The summed E-state index contributed by atoms with van der Waals surface area (Å²) in [5.41, 5.74) is 0.172. The van der Waals surface area contributed by atoms with Crippen molar-refractivity contribution < 1.29 is 24.2 Å². The summed E-state index contributed by atoms with van der Waals surface area (Å²) in [5, 5.41) is 16.6. The number of nitrogens with zero attached hydrogens (tertiary/aromatic N) is 1. The van der Waals surface area contributed by atoms with Crippen molar-refractivity contribution in [3.63, 3.8) is 0 Å². The van der Waals surface area contributed by atoms with Gasteiger partial charge in [-0.1, -0.05) is 44.5 Å². The van der Waals surface area contributed by atoms with E-state index in [4.69, 9.17) is 16.3 Å². The first-order valence-electron chi connectivity index (χ1n) is 12.6. The monoisotopic (exact) mass is 505 g/mol. The summed E-state index contributed by atoms with van der Waals surface area (Å²) in [4.78, 5) is 42.6. The molecule has 3 heterocycles. The van der Waals surface area contributed by atoms with E-state index in [1.54, 1.807) is 12.1 Å². The molecule has 3 aliphatic rings. The first kappa shape index (κ1) is 25.9. The molecule has 9 heteroatoms. The Bertz CT molecular complexity index is 981. The fourth-order valence-electron chi connectivity index (χ4n) is 6.25. The molecule has 35 heavy (non-hydrogen) atoms. The number of carbonyl (C=O) groups excluding carboxylic acids is 3. The number of ether oxygens (including phenoxy) is 1. The lowest BCUT2D eigenvalue weighted by atomic mass is 9.70. The van der Waals surface area contributed by atoms with Crippen LogP contribution in [0.4, 0.5) is 5.69 Å². The SMILES string of the molecule is CCCNC(=O)[C@@H]1[C@H]2C(=O)N([C@@H](CO)CC(C)C)C(C(=O)Nc3c(C)cccc3Cl)C23CC[C@H]1O3. The van der Waals surface area contributed by atoms with Gasteiger partial charge in [0.15, 0.2) is 0 Å². The van der Waals surface area contributed by atoms with Gasteiger partial charge in [-0.15, -0.1) is 0 Å². The number of aliphatic hydroxyl groups excluding tert-OH is 1. The van der Waals surface area contributed by atoms with Crippen LogP contribution in [0.5, 0.6) is 0 Å². The van der Waals surface area contributed by atoms with E-state index >= 15 is 0 Å². The number of hydrogen-bond acceptors (Lipinski definition) is 5. The summed E-state index contributed by atoms with van der Waals surface area (Å²) in [6.45, 7) is 8.07. The lowest BCUT2D eigenvalue weighted by molar-refractivity contribution is -0.144. The molecule has 2 bridgehead atoms. The number of para-hydroxylation sites is 1. The summed E-state index contributed by atoms with van der Waals surface area (Å²) in [6.07, 6.45) is 2.00. The van der Waals surface area contributed by atoms with Crippen LogP contribution in [-0.2, 0) is 19.1 Å². The average Bonchev–Trinajstić information content (AvgIpc) is 3.45. The molecule has 3 fully saturated rings. The minimum atomic E-state index is -1.11. The highest BCUT2D eigenvalue weighted by Crippen LogP contribution is 2.59. The van der Waals surface area contributed by atoms with Crippen LogP contribution in [0.1, 0.15) is 52.0 Å². The third kappa shape index (κ3) is 4.34. The molecule has 1 aromatic carbocycles. The van der Waals surface area contributed by atoms with Crippen LogP contribution in [0.15, 0.2) is 18.2 Å². The standard InChI is InChI=1S/C26H36ClN3O5/c1-5-11-28-23(32)19-18-9-10-26(35-18)20(19)25(34)30(16(13-31)12-14(2)3)22(26)24(33)29-21-15(4)7-6-8-17(21)27/h6-8,14,16,18-20,22,31H,5,9-13H2,1-4H3,(H,28,32)(H,29,33)/t16-,18-,19+,20+,22?,26?/m1/s1. The van der Waals surface area contributed by atoms with Gasteiger partial charge in [-0.3, -0.25) is 14.4 Å². The maximum atomic E-state index is 14.0. The number of nitrogens with one attached hydrogen (secondary N) is 2. The number of likely N-dealkylation sites (tertiary alicyclic amines) is 1. The van der Waals surface area contributed by atoms with Gasteiger partial charge in [-0.25, -0.2) is 0 Å². The lowest BCUT2D eigenvalue weighted by Crippen LogP contribution is -2.56. The van der Waals surface area contributed by atoms with Crippen molar-refractivity contribution in [1.29, 1.82) is 0 Å². The van der Waals surface area contributed by atoms with Crippen molar-refractivity contribution >= 4 is 35.0 Å². The minimum absolute atomic E-state index is 0.188. The number of halogens is 1. The number of aliphatic hydroxyl groups is 1. The summed E-state index contributed by atoms with van der Waals surface area (Å²) < 4.78 is 6.43. The zero-order chi connectivity index (χ0) is 25.5. The van der Waals surface area contributed by atoms with Gasteiger partial charge in [0.05, 0.1) is 41.3 Å². The number of amides is 3. The molecule has 3 saturated heterocycles. The zero-order valence-corrected chi connectivity index (χ0v) is 21.6. The number of rotatable bonds is 9. The van der Waals surface area contributed by atoms with Gasteiger partial charge in [0.2, 0.25) is 17.7 Å². The molecule has 0 radical (unpaired) electrons. The first-order chi connectivity index (χ1) is 16.7. The number of aryl methyl sites for hydroxylation is 1. The fourth-order valence-corrected chi connectivity index (χ4v) is 6.52. The Hall–Kier alpha value is -2.16. The van der Waals surface area contributed by atoms with E-state index in [0.29, 0.717) is 36.5 Å². The minimum Gasteiger partial charge on any atom is -0.394 e. The predicted octanol–water partition coefficient (Wildman–Crippen LogP) is 2.89. The van der Waals surface area contributed by atoms with Crippen LogP contribution >= 0.6 is 11.6 Å². The highest BCUT2D eigenvalue weighted by molar-refractivity contribution is 6.34. The summed E-state index contributed by atoms with van der Waals surface area (Å²) in [5.74, 6) is -2.13. The number of fused-ring (bicyclic) bond motifs is 1. The smallest absolute Gasteiger partial charge is 0.250 e. The largest absolute Gasteiger partial charge is 0.394 e. The second-order valence-corrected chi connectivity index (χ2v) is 10.9. The Morgan fingerprint density at radius 3 is 2.69 bits per heavy atom. The molecule has 0 aliphatic carbocycles. The molecule has 2 unspecified atom stereocenters. The molecule has 1 spiro atoms. The van der Waals surface area contributed by atoms with Crippen LogP contribution in [0.3, 0.4) is 0 Å². The van der Waals surface area contributed by atoms with Crippen LogP contribution in [0.2, 0.25) is 5.02 Å². The zero-order valence-electron chi connectivity index (χ0n) is 20.8. The molecule has 3 aliphatic heterocycles. The van der Waals surface area contributed by atoms with Crippen LogP contribution in [0, 0.1) is 24.7 Å². The molecular formula is C26H36ClN3O5. The summed E-state index contributed by atoms with van der Waals surface area (Å²) in [6, 6.07) is 3.82. The van der Waals surface area contributed by atoms with E-state index in [1.807, 2.05) is 33.8 Å². The van der Waals surface area contributed by atoms with Gasteiger partial charge in [0, 0.05) is 6.54 Å². The summed E-state index contributed by atoms with van der Waals surface area (Å²) >= 11 is 6.39. The van der Waals surface area contributed by atoms with E-state index in [0.717, 1.165) is 12.0 Å².